The molecular formula is C13H19N. The first kappa shape index (κ1) is 9.57. The third kappa shape index (κ3) is 1.92. The number of hydrogen-bond acceptors (Lipinski definition) is 1. The molecule has 1 aromatic carbocycles. The van der Waals surface area contributed by atoms with Crippen LogP contribution in [-0.2, 0) is 6.42 Å². The third-order valence-electron chi connectivity index (χ3n) is 3.33. The first-order valence-corrected chi connectivity index (χ1v) is 5.65. The summed E-state index contributed by atoms with van der Waals surface area (Å²) in [6.45, 7) is 4.51. The molecular weight excluding hydrogens is 170 g/mol. The van der Waals surface area contributed by atoms with Crippen molar-refractivity contribution in [3.05, 3.63) is 29.8 Å². The normalized spacial score (nSPS) is 25.6. The molecule has 0 bridgehead atoms. The molecule has 0 aromatic heterocycles. The van der Waals surface area contributed by atoms with Gasteiger partial charge in [-0.3, -0.25) is 0 Å². The summed E-state index contributed by atoms with van der Waals surface area (Å²) in [5.74, 6) is 0.848. The smallest absolute Gasteiger partial charge is 0.0342 e. The van der Waals surface area contributed by atoms with Crippen LogP contribution in [0.15, 0.2) is 24.3 Å². The largest absolute Gasteiger partial charge is 0.382 e. The van der Waals surface area contributed by atoms with Crippen molar-refractivity contribution in [3.8, 4) is 0 Å². The summed E-state index contributed by atoms with van der Waals surface area (Å²) in [4.78, 5) is 0. The molecule has 1 aromatic rings. The molecule has 0 spiro atoms. The fourth-order valence-electron chi connectivity index (χ4n) is 1.93. The molecule has 76 valence electrons. The third-order valence-corrected chi connectivity index (χ3v) is 3.33. The Bertz CT molecular complexity index is 289. The Labute approximate surface area is 86.5 Å². The van der Waals surface area contributed by atoms with E-state index in [1.54, 1.807) is 0 Å². The summed E-state index contributed by atoms with van der Waals surface area (Å²) >= 11 is 0. The van der Waals surface area contributed by atoms with Crippen molar-refractivity contribution in [2.24, 2.45) is 5.92 Å². The summed E-state index contributed by atoms with van der Waals surface area (Å²) < 4.78 is 0. The molecule has 14 heavy (non-hydrogen) atoms. The molecule has 1 N–H and O–H groups in total. The molecule has 2 atom stereocenters. The number of nitrogens with one attached hydrogen (secondary N) is 1. The van der Waals surface area contributed by atoms with E-state index in [4.69, 9.17) is 0 Å². The highest BCUT2D eigenvalue weighted by molar-refractivity contribution is 5.46. The Morgan fingerprint density at radius 3 is 2.36 bits per heavy atom. The second kappa shape index (κ2) is 4.04. The van der Waals surface area contributed by atoms with Crippen LogP contribution < -0.4 is 5.32 Å². The van der Waals surface area contributed by atoms with Crippen molar-refractivity contribution < 1.29 is 0 Å². The van der Waals surface area contributed by atoms with Gasteiger partial charge in [-0.05, 0) is 42.9 Å². The van der Waals surface area contributed by atoms with Crippen molar-refractivity contribution in [3.63, 3.8) is 0 Å². The Morgan fingerprint density at radius 1 is 1.21 bits per heavy atom. The summed E-state index contributed by atoms with van der Waals surface area (Å²) in [5, 5.41) is 3.58. The van der Waals surface area contributed by atoms with Gasteiger partial charge in [0.15, 0.2) is 0 Å². The fourth-order valence-corrected chi connectivity index (χ4v) is 1.93. The Balaban J connectivity index is 1.96. The van der Waals surface area contributed by atoms with Crippen LogP contribution in [0.25, 0.3) is 0 Å². The highest BCUT2D eigenvalue weighted by atomic mass is 14.9. The maximum atomic E-state index is 3.58. The predicted molar refractivity (Wildman–Crippen MR) is 61.6 cm³/mol. The van der Waals surface area contributed by atoms with E-state index in [0.717, 1.165) is 12.3 Å². The second-order valence-electron chi connectivity index (χ2n) is 4.36. The maximum absolute atomic E-state index is 3.58. The molecule has 0 radical (unpaired) electrons. The van der Waals surface area contributed by atoms with E-state index >= 15 is 0 Å². The second-order valence-corrected chi connectivity index (χ2v) is 4.36. The summed E-state index contributed by atoms with van der Waals surface area (Å²) in [7, 11) is 0. The minimum atomic E-state index is 0.711. The van der Waals surface area contributed by atoms with Gasteiger partial charge in [-0.1, -0.05) is 26.0 Å². The number of benzene rings is 1. The van der Waals surface area contributed by atoms with E-state index < -0.39 is 0 Å². The lowest BCUT2D eigenvalue weighted by Crippen LogP contribution is -2.36. The zero-order valence-electron chi connectivity index (χ0n) is 9.09. The molecule has 1 saturated carbocycles. The fraction of sp³-hybridized carbons (Fsp3) is 0.538. The summed E-state index contributed by atoms with van der Waals surface area (Å²) in [5.41, 5.74) is 2.69. The molecule has 0 saturated heterocycles. The van der Waals surface area contributed by atoms with Crippen LogP contribution in [0.5, 0.6) is 0 Å². The van der Waals surface area contributed by atoms with E-state index in [2.05, 4.69) is 43.4 Å². The van der Waals surface area contributed by atoms with Gasteiger partial charge in [0.1, 0.15) is 0 Å². The van der Waals surface area contributed by atoms with Gasteiger partial charge in [-0.25, -0.2) is 0 Å². The summed E-state index contributed by atoms with van der Waals surface area (Å²) in [6.07, 6.45) is 3.83. The van der Waals surface area contributed by atoms with E-state index in [1.807, 2.05) is 0 Å². The monoisotopic (exact) mass is 189 g/mol. The van der Waals surface area contributed by atoms with Gasteiger partial charge < -0.3 is 5.32 Å². The van der Waals surface area contributed by atoms with Crippen molar-refractivity contribution >= 4 is 5.69 Å². The molecule has 0 aliphatic heterocycles. The van der Waals surface area contributed by atoms with Crippen LogP contribution in [0.1, 0.15) is 32.3 Å². The lowest BCUT2D eigenvalue weighted by Gasteiger charge is -2.35. The van der Waals surface area contributed by atoms with Gasteiger partial charge in [0.25, 0.3) is 0 Å². The van der Waals surface area contributed by atoms with E-state index in [1.165, 1.54) is 24.1 Å². The minimum Gasteiger partial charge on any atom is -0.382 e. The first-order valence-electron chi connectivity index (χ1n) is 5.65. The Hall–Kier alpha value is -0.980. The lowest BCUT2D eigenvalue weighted by molar-refractivity contribution is 0.303. The van der Waals surface area contributed by atoms with Crippen molar-refractivity contribution in [2.75, 3.05) is 5.32 Å². The van der Waals surface area contributed by atoms with Crippen LogP contribution in [0.3, 0.4) is 0 Å². The molecule has 2 unspecified atom stereocenters. The van der Waals surface area contributed by atoms with Gasteiger partial charge >= 0.3 is 0 Å². The van der Waals surface area contributed by atoms with Crippen molar-refractivity contribution in [1.82, 2.24) is 0 Å². The minimum absolute atomic E-state index is 0.711. The van der Waals surface area contributed by atoms with E-state index in [-0.39, 0.29) is 0 Å². The zero-order valence-corrected chi connectivity index (χ0v) is 9.09. The number of aryl methyl sites for hydroxylation is 1. The van der Waals surface area contributed by atoms with Crippen molar-refractivity contribution in [1.29, 1.82) is 0 Å². The highest BCUT2D eigenvalue weighted by Gasteiger charge is 2.25. The molecule has 0 heterocycles. The summed E-state index contributed by atoms with van der Waals surface area (Å²) in [6, 6.07) is 9.54. The van der Waals surface area contributed by atoms with Crippen LogP contribution in [-0.4, -0.2) is 6.04 Å². The highest BCUT2D eigenvalue weighted by Crippen LogP contribution is 2.29. The Kier molecular flexibility index (Phi) is 2.76. The Morgan fingerprint density at radius 2 is 1.93 bits per heavy atom. The van der Waals surface area contributed by atoms with E-state index in [9.17, 15) is 0 Å². The molecule has 2 rings (SSSR count). The van der Waals surface area contributed by atoms with Gasteiger partial charge in [0, 0.05) is 11.7 Å². The molecule has 0 amide bonds. The average Bonchev–Trinajstić information content (AvgIpc) is 2.24. The molecule has 1 aliphatic rings. The molecule has 1 fully saturated rings. The first-order chi connectivity index (χ1) is 6.79. The maximum Gasteiger partial charge on any atom is 0.0342 e. The average molecular weight is 189 g/mol. The lowest BCUT2D eigenvalue weighted by atomic mass is 9.81. The molecule has 1 heteroatoms. The van der Waals surface area contributed by atoms with Crippen LogP contribution >= 0.6 is 0 Å². The quantitative estimate of drug-likeness (QED) is 0.767. The topological polar surface area (TPSA) is 12.0 Å². The number of hydrogen-bond donors (Lipinski definition) is 1. The number of rotatable bonds is 3. The predicted octanol–water partition coefficient (Wildman–Crippen LogP) is 3.46. The van der Waals surface area contributed by atoms with Gasteiger partial charge in [-0.2, -0.15) is 0 Å². The van der Waals surface area contributed by atoms with E-state index in [0.29, 0.717) is 6.04 Å². The van der Waals surface area contributed by atoms with Gasteiger partial charge in [-0.15, -0.1) is 0 Å². The molecule has 1 aliphatic carbocycles. The standard InChI is InChI=1S/C13H19N/c1-3-11-5-7-12(8-6-11)14-13-9-4-10(13)2/h5-8,10,13-14H,3-4,9H2,1-2H3. The van der Waals surface area contributed by atoms with Crippen LogP contribution in [0.4, 0.5) is 5.69 Å². The SMILES string of the molecule is CCc1ccc(NC2CCC2C)cc1. The zero-order chi connectivity index (χ0) is 9.97. The van der Waals surface area contributed by atoms with Crippen molar-refractivity contribution in [2.45, 2.75) is 39.2 Å². The van der Waals surface area contributed by atoms with Gasteiger partial charge in [0.2, 0.25) is 0 Å². The molecule has 1 nitrogen and oxygen atoms in total. The number of anilines is 1. The van der Waals surface area contributed by atoms with Crippen LogP contribution in [0, 0.1) is 5.92 Å². The van der Waals surface area contributed by atoms with Gasteiger partial charge in [0.05, 0.1) is 0 Å². The van der Waals surface area contributed by atoms with Crippen LogP contribution in [0.2, 0.25) is 0 Å².